The first-order valence-corrected chi connectivity index (χ1v) is 9.01. The molecule has 0 saturated carbocycles. The quantitative estimate of drug-likeness (QED) is 0.886. The van der Waals surface area contributed by atoms with Crippen LogP contribution in [0, 0.1) is 0 Å². The fourth-order valence-electron chi connectivity index (χ4n) is 3.01. The second-order valence-electron chi connectivity index (χ2n) is 6.69. The van der Waals surface area contributed by atoms with Crippen molar-refractivity contribution >= 4 is 17.5 Å². The first-order chi connectivity index (χ1) is 12.5. The molecule has 1 fully saturated rings. The fraction of sp³-hybridized carbons (Fsp3) is 0.333. The van der Waals surface area contributed by atoms with Crippen molar-refractivity contribution in [2.24, 2.45) is 0 Å². The molecule has 1 aliphatic heterocycles. The number of benzene rings is 2. The zero-order valence-corrected chi connectivity index (χ0v) is 15.2. The van der Waals surface area contributed by atoms with E-state index in [1.165, 1.54) is 0 Å². The van der Waals surface area contributed by atoms with Crippen LogP contribution in [-0.4, -0.2) is 35.9 Å². The Morgan fingerprint density at radius 3 is 2.31 bits per heavy atom. The highest BCUT2D eigenvalue weighted by Gasteiger charge is 2.19. The predicted octanol–water partition coefficient (Wildman–Crippen LogP) is 3.96. The SMILES string of the molecule is CC(C)Oc1ccccc1C(=O)Nc1ccc(C(=O)N2CCCC2)cc1. The molecule has 136 valence electrons. The number of hydrogen-bond acceptors (Lipinski definition) is 3. The van der Waals surface area contributed by atoms with Crippen molar-refractivity contribution in [1.29, 1.82) is 0 Å². The van der Waals surface area contributed by atoms with Crippen LogP contribution in [0.5, 0.6) is 5.75 Å². The molecule has 1 N–H and O–H groups in total. The van der Waals surface area contributed by atoms with Crippen molar-refractivity contribution in [2.45, 2.75) is 32.8 Å². The molecule has 2 aromatic rings. The van der Waals surface area contributed by atoms with Crippen molar-refractivity contribution in [3.05, 3.63) is 59.7 Å². The summed E-state index contributed by atoms with van der Waals surface area (Å²) in [5.74, 6) is 0.372. The molecule has 2 aromatic carbocycles. The van der Waals surface area contributed by atoms with E-state index < -0.39 is 0 Å². The van der Waals surface area contributed by atoms with Gasteiger partial charge in [-0.15, -0.1) is 0 Å². The lowest BCUT2D eigenvalue weighted by Crippen LogP contribution is -2.27. The minimum absolute atomic E-state index is 0.0140. The molecule has 26 heavy (non-hydrogen) atoms. The van der Waals surface area contributed by atoms with Gasteiger partial charge in [0.2, 0.25) is 0 Å². The van der Waals surface area contributed by atoms with Crippen LogP contribution in [0.1, 0.15) is 47.4 Å². The van der Waals surface area contributed by atoms with Crippen molar-refractivity contribution in [1.82, 2.24) is 4.90 Å². The topological polar surface area (TPSA) is 58.6 Å². The van der Waals surface area contributed by atoms with E-state index in [1.54, 1.807) is 42.5 Å². The van der Waals surface area contributed by atoms with Crippen LogP contribution in [0.15, 0.2) is 48.5 Å². The average molecular weight is 352 g/mol. The molecular weight excluding hydrogens is 328 g/mol. The molecule has 1 saturated heterocycles. The number of hydrogen-bond donors (Lipinski definition) is 1. The lowest BCUT2D eigenvalue weighted by molar-refractivity contribution is 0.0792. The predicted molar refractivity (Wildman–Crippen MR) is 102 cm³/mol. The van der Waals surface area contributed by atoms with Gasteiger partial charge in [-0.3, -0.25) is 9.59 Å². The van der Waals surface area contributed by atoms with Gasteiger partial charge in [-0.1, -0.05) is 12.1 Å². The highest BCUT2D eigenvalue weighted by Crippen LogP contribution is 2.21. The maximum Gasteiger partial charge on any atom is 0.259 e. The molecular formula is C21H24N2O3. The van der Waals surface area contributed by atoms with Crippen LogP contribution in [-0.2, 0) is 0 Å². The van der Waals surface area contributed by atoms with Crippen LogP contribution >= 0.6 is 0 Å². The Morgan fingerprint density at radius 2 is 1.65 bits per heavy atom. The largest absolute Gasteiger partial charge is 0.490 e. The number of carbonyl (C=O) groups is 2. The van der Waals surface area contributed by atoms with Gasteiger partial charge in [0, 0.05) is 24.3 Å². The fourth-order valence-corrected chi connectivity index (χ4v) is 3.01. The smallest absolute Gasteiger partial charge is 0.259 e. The number of ether oxygens (including phenoxy) is 1. The lowest BCUT2D eigenvalue weighted by atomic mass is 10.1. The van der Waals surface area contributed by atoms with Gasteiger partial charge in [-0.05, 0) is 63.1 Å². The number of rotatable bonds is 5. The van der Waals surface area contributed by atoms with Gasteiger partial charge in [-0.25, -0.2) is 0 Å². The summed E-state index contributed by atoms with van der Waals surface area (Å²) in [6, 6.07) is 14.2. The van der Waals surface area contributed by atoms with Gasteiger partial charge in [0.1, 0.15) is 5.75 Å². The van der Waals surface area contributed by atoms with E-state index >= 15 is 0 Å². The van der Waals surface area contributed by atoms with E-state index in [2.05, 4.69) is 5.32 Å². The summed E-state index contributed by atoms with van der Waals surface area (Å²) >= 11 is 0. The average Bonchev–Trinajstić information content (AvgIpc) is 3.16. The second-order valence-corrected chi connectivity index (χ2v) is 6.69. The summed E-state index contributed by atoms with van der Waals surface area (Å²) in [4.78, 5) is 26.8. The molecule has 0 aromatic heterocycles. The van der Waals surface area contributed by atoms with E-state index in [9.17, 15) is 9.59 Å². The van der Waals surface area contributed by atoms with Crippen LogP contribution in [0.3, 0.4) is 0 Å². The van der Waals surface area contributed by atoms with Crippen molar-refractivity contribution in [3.63, 3.8) is 0 Å². The van der Waals surface area contributed by atoms with Crippen molar-refractivity contribution in [3.8, 4) is 5.75 Å². The highest BCUT2D eigenvalue weighted by molar-refractivity contribution is 6.06. The lowest BCUT2D eigenvalue weighted by Gasteiger charge is -2.16. The Balaban J connectivity index is 1.69. The van der Waals surface area contributed by atoms with Gasteiger partial charge >= 0.3 is 0 Å². The summed E-state index contributed by atoms with van der Waals surface area (Å²) in [6.45, 7) is 5.49. The van der Waals surface area contributed by atoms with Crippen molar-refractivity contribution < 1.29 is 14.3 Å². The van der Waals surface area contributed by atoms with Gasteiger partial charge in [0.15, 0.2) is 0 Å². The van der Waals surface area contributed by atoms with Crippen LogP contribution < -0.4 is 10.1 Å². The number of nitrogens with zero attached hydrogens (tertiary/aromatic N) is 1. The standard InChI is InChI=1S/C21H24N2O3/c1-15(2)26-19-8-4-3-7-18(19)20(24)22-17-11-9-16(10-12-17)21(25)23-13-5-6-14-23/h3-4,7-12,15H,5-6,13-14H2,1-2H3,(H,22,24). The molecule has 0 unspecified atom stereocenters. The molecule has 3 rings (SSSR count). The van der Waals surface area contributed by atoms with Crippen LogP contribution in [0.2, 0.25) is 0 Å². The number of anilines is 1. The van der Waals surface area contributed by atoms with E-state index in [-0.39, 0.29) is 17.9 Å². The summed E-state index contributed by atoms with van der Waals surface area (Å²) in [7, 11) is 0. The van der Waals surface area contributed by atoms with Gasteiger partial charge in [-0.2, -0.15) is 0 Å². The van der Waals surface area contributed by atoms with Crippen LogP contribution in [0.4, 0.5) is 5.69 Å². The van der Waals surface area contributed by atoms with Gasteiger partial charge < -0.3 is 15.0 Å². The Bertz CT molecular complexity index is 778. The van der Waals surface area contributed by atoms with E-state index in [4.69, 9.17) is 4.74 Å². The Hall–Kier alpha value is -2.82. The number of nitrogens with one attached hydrogen (secondary N) is 1. The minimum Gasteiger partial charge on any atom is -0.490 e. The molecule has 0 spiro atoms. The normalized spacial score (nSPS) is 13.7. The highest BCUT2D eigenvalue weighted by atomic mass is 16.5. The number of para-hydroxylation sites is 1. The summed E-state index contributed by atoms with van der Waals surface area (Å²) in [5, 5.41) is 2.86. The molecule has 1 aliphatic rings. The van der Waals surface area contributed by atoms with Gasteiger partial charge in [0.05, 0.1) is 11.7 Å². The monoisotopic (exact) mass is 352 g/mol. The first kappa shape index (κ1) is 18.0. The van der Waals surface area contributed by atoms with E-state index in [0.717, 1.165) is 25.9 Å². The number of amides is 2. The number of carbonyl (C=O) groups excluding carboxylic acids is 2. The molecule has 0 atom stereocenters. The molecule has 0 bridgehead atoms. The Morgan fingerprint density at radius 1 is 1.00 bits per heavy atom. The molecule has 0 radical (unpaired) electrons. The molecule has 5 heteroatoms. The maximum absolute atomic E-state index is 12.6. The third-order valence-corrected chi connectivity index (χ3v) is 4.28. The molecule has 2 amide bonds. The third kappa shape index (κ3) is 4.23. The number of likely N-dealkylation sites (tertiary alicyclic amines) is 1. The molecule has 5 nitrogen and oxygen atoms in total. The van der Waals surface area contributed by atoms with Crippen LogP contribution in [0.25, 0.3) is 0 Å². The Kier molecular flexibility index (Phi) is 5.56. The zero-order valence-electron chi connectivity index (χ0n) is 15.2. The van der Waals surface area contributed by atoms with Crippen molar-refractivity contribution in [2.75, 3.05) is 18.4 Å². The van der Waals surface area contributed by atoms with E-state index in [0.29, 0.717) is 22.6 Å². The third-order valence-electron chi connectivity index (χ3n) is 4.28. The second kappa shape index (κ2) is 8.04. The summed E-state index contributed by atoms with van der Waals surface area (Å²) < 4.78 is 5.70. The van der Waals surface area contributed by atoms with Gasteiger partial charge in [0.25, 0.3) is 11.8 Å². The first-order valence-electron chi connectivity index (χ1n) is 9.01. The molecule has 0 aliphatic carbocycles. The zero-order chi connectivity index (χ0) is 18.5. The maximum atomic E-state index is 12.6. The van der Waals surface area contributed by atoms with E-state index in [1.807, 2.05) is 24.8 Å². The Labute approximate surface area is 154 Å². The molecule has 1 heterocycles. The summed E-state index contributed by atoms with van der Waals surface area (Å²) in [6.07, 6.45) is 2.12. The minimum atomic E-state index is -0.236. The summed E-state index contributed by atoms with van der Waals surface area (Å²) in [5.41, 5.74) is 1.78.